The zero-order valence-electron chi connectivity index (χ0n) is 9.95. The van der Waals surface area contributed by atoms with Crippen molar-refractivity contribution in [3.05, 3.63) is 28.2 Å². The minimum atomic E-state index is -0.187. The summed E-state index contributed by atoms with van der Waals surface area (Å²) in [7, 11) is 0. The van der Waals surface area contributed by atoms with Crippen molar-refractivity contribution in [1.29, 1.82) is 0 Å². The van der Waals surface area contributed by atoms with E-state index >= 15 is 0 Å². The molecule has 0 aliphatic carbocycles. The third-order valence-corrected chi connectivity index (χ3v) is 4.06. The minimum Gasteiger partial charge on any atom is -0.394 e. The number of thioether (sulfide) groups is 1. The lowest BCUT2D eigenvalue weighted by molar-refractivity contribution is -0.119. The van der Waals surface area contributed by atoms with Gasteiger partial charge in [0.2, 0.25) is 5.91 Å². The Morgan fingerprint density at radius 3 is 2.83 bits per heavy atom. The third kappa shape index (κ3) is 5.06. The molecule has 1 aromatic carbocycles. The van der Waals surface area contributed by atoms with Gasteiger partial charge in [0.1, 0.15) is 0 Å². The maximum absolute atomic E-state index is 11.6. The number of hydrogen-bond acceptors (Lipinski definition) is 3. The van der Waals surface area contributed by atoms with Crippen molar-refractivity contribution in [2.24, 2.45) is 0 Å². The van der Waals surface area contributed by atoms with Crippen molar-refractivity contribution in [2.45, 2.75) is 24.3 Å². The number of aliphatic hydroxyl groups excluding tert-OH is 1. The van der Waals surface area contributed by atoms with E-state index in [0.717, 1.165) is 4.90 Å². The molecular formula is C12H15Cl2NO2S. The van der Waals surface area contributed by atoms with E-state index < -0.39 is 0 Å². The first kappa shape index (κ1) is 15.6. The highest BCUT2D eigenvalue weighted by molar-refractivity contribution is 8.00. The van der Waals surface area contributed by atoms with E-state index in [-0.39, 0.29) is 24.3 Å². The van der Waals surface area contributed by atoms with E-state index in [1.165, 1.54) is 11.8 Å². The first-order valence-corrected chi connectivity index (χ1v) is 7.29. The van der Waals surface area contributed by atoms with Gasteiger partial charge in [-0.15, -0.1) is 11.8 Å². The number of nitrogens with one attached hydrogen (secondary N) is 1. The molecule has 100 valence electrons. The Morgan fingerprint density at radius 2 is 2.22 bits per heavy atom. The molecule has 1 rings (SSSR count). The van der Waals surface area contributed by atoms with Gasteiger partial charge in [-0.3, -0.25) is 4.79 Å². The molecule has 1 amide bonds. The number of amides is 1. The fraction of sp³-hybridized carbons (Fsp3) is 0.417. The van der Waals surface area contributed by atoms with E-state index in [1.54, 1.807) is 18.2 Å². The van der Waals surface area contributed by atoms with E-state index in [9.17, 15) is 4.79 Å². The first-order chi connectivity index (χ1) is 8.56. The van der Waals surface area contributed by atoms with Gasteiger partial charge < -0.3 is 10.4 Å². The average molecular weight is 308 g/mol. The van der Waals surface area contributed by atoms with E-state index in [2.05, 4.69) is 5.32 Å². The van der Waals surface area contributed by atoms with Crippen LogP contribution in [0.2, 0.25) is 10.0 Å². The number of benzene rings is 1. The Bertz CT molecular complexity index is 411. The number of rotatable bonds is 6. The molecule has 0 saturated carbocycles. The smallest absolute Gasteiger partial charge is 0.230 e. The maximum Gasteiger partial charge on any atom is 0.230 e. The maximum atomic E-state index is 11.6. The normalized spacial score (nSPS) is 12.2. The summed E-state index contributed by atoms with van der Waals surface area (Å²) < 4.78 is 0. The van der Waals surface area contributed by atoms with Gasteiger partial charge in [-0.2, -0.15) is 0 Å². The summed E-state index contributed by atoms with van der Waals surface area (Å²) >= 11 is 13.2. The molecule has 0 aromatic heterocycles. The zero-order chi connectivity index (χ0) is 13.5. The van der Waals surface area contributed by atoms with E-state index in [1.807, 2.05) is 6.92 Å². The second-order valence-electron chi connectivity index (χ2n) is 3.72. The van der Waals surface area contributed by atoms with Crippen molar-refractivity contribution in [2.75, 3.05) is 12.4 Å². The standard InChI is InChI=1S/C12H15Cl2NO2S/c1-2-9(6-16)15-12(17)7-18-11-5-8(13)3-4-10(11)14/h3-5,9,16H,2,6-7H2,1H3,(H,15,17)/t9-/m0/s1. The highest BCUT2D eigenvalue weighted by atomic mass is 35.5. The summed E-state index contributed by atoms with van der Waals surface area (Å²) in [5.41, 5.74) is 0. The molecule has 0 saturated heterocycles. The predicted molar refractivity (Wildman–Crippen MR) is 76.5 cm³/mol. The number of carbonyl (C=O) groups excluding carboxylic acids is 1. The highest BCUT2D eigenvalue weighted by Crippen LogP contribution is 2.29. The second kappa shape index (κ2) is 7.89. The Morgan fingerprint density at radius 1 is 1.50 bits per heavy atom. The first-order valence-electron chi connectivity index (χ1n) is 5.54. The van der Waals surface area contributed by atoms with Crippen molar-refractivity contribution in [3.8, 4) is 0 Å². The largest absolute Gasteiger partial charge is 0.394 e. The molecule has 0 fully saturated rings. The molecular weight excluding hydrogens is 293 g/mol. The van der Waals surface area contributed by atoms with Gasteiger partial charge in [-0.1, -0.05) is 30.1 Å². The van der Waals surface area contributed by atoms with Crippen LogP contribution in [-0.2, 0) is 4.79 Å². The van der Waals surface area contributed by atoms with Crippen molar-refractivity contribution in [1.82, 2.24) is 5.32 Å². The summed E-state index contributed by atoms with van der Waals surface area (Å²) in [5, 5.41) is 12.9. The van der Waals surface area contributed by atoms with Gasteiger partial charge in [0.25, 0.3) is 0 Å². The molecule has 0 aliphatic rings. The van der Waals surface area contributed by atoms with Crippen LogP contribution >= 0.6 is 35.0 Å². The van der Waals surface area contributed by atoms with Crippen molar-refractivity contribution >= 4 is 40.9 Å². The lowest BCUT2D eigenvalue weighted by atomic mass is 10.2. The summed E-state index contributed by atoms with van der Waals surface area (Å²) in [4.78, 5) is 12.4. The number of halogens is 2. The monoisotopic (exact) mass is 307 g/mol. The zero-order valence-corrected chi connectivity index (χ0v) is 12.3. The van der Waals surface area contributed by atoms with E-state index in [4.69, 9.17) is 28.3 Å². The van der Waals surface area contributed by atoms with Crippen LogP contribution in [0.1, 0.15) is 13.3 Å². The molecule has 0 heterocycles. The Labute approximate surface area is 121 Å². The predicted octanol–water partition coefficient (Wildman–Crippen LogP) is 2.97. The molecule has 2 N–H and O–H groups in total. The molecule has 3 nitrogen and oxygen atoms in total. The molecule has 18 heavy (non-hydrogen) atoms. The van der Waals surface area contributed by atoms with Gasteiger partial charge in [-0.25, -0.2) is 0 Å². The Kier molecular flexibility index (Phi) is 6.86. The molecule has 0 radical (unpaired) electrons. The van der Waals surface area contributed by atoms with Gasteiger partial charge in [-0.05, 0) is 24.6 Å². The Hall–Kier alpha value is -0.420. The molecule has 0 aliphatic heterocycles. The number of hydrogen-bond donors (Lipinski definition) is 2. The van der Waals surface area contributed by atoms with Gasteiger partial charge in [0.05, 0.1) is 23.4 Å². The van der Waals surface area contributed by atoms with Crippen LogP contribution in [0.3, 0.4) is 0 Å². The van der Waals surface area contributed by atoms with Gasteiger partial charge in [0.15, 0.2) is 0 Å². The molecule has 6 heteroatoms. The van der Waals surface area contributed by atoms with Gasteiger partial charge in [0, 0.05) is 9.92 Å². The molecule has 0 spiro atoms. The SMILES string of the molecule is CC[C@@H](CO)NC(=O)CSc1cc(Cl)ccc1Cl. The lowest BCUT2D eigenvalue weighted by Crippen LogP contribution is -2.37. The second-order valence-corrected chi connectivity index (χ2v) is 5.58. The van der Waals surface area contributed by atoms with Crippen LogP contribution in [0.25, 0.3) is 0 Å². The van der Waals surface area contributed by atoms with Crippen LogP contribution in [0, 0.1) is 0 Å². The summed E-state index contributed by atoms with van der Waals surface area (Å²) in [6, 6.07) is 4.94. The quantitative estimate of drug-likeness (QED) is 0.794. The highest BCUT2D eigenvalue weighted by Gasteiger charge is 2.10. The van der Waals surface area contributed by atoms with Crippen LogP contribution in [-0.4, -0.2) is 29.4 Å². The fourth-order valence-corrected chi connectivity index (χ4v) is 2.58. The van der Waals surface area contributed by atoms with Crippen molar-refractivity contribution in [3.63, 3.8) is 0 Å². The molecule has 1 atom stereocenters. The van der Waals surface area contributed by atoms with Crippen LogP contribution in [0.4, 0.5) is 0 Å². The summed E-state index contributed by atoms with van der Waals surface area (Å²) in [6.45, 7) is 1.85. The number of aliphatic hydroxyl groups is 1. The summed E-state index contributed by atoms with van der Waals surface area (Å²) in [6.07, 6.45) is 0.699. The molecule has 1 aromatic rings. The molecule has 0 unspecified atom stereocenters. The van der Waals surface area contributed by atoms with Crippen LogP contribution in [0.15, 0.2) is 23.1 Å². The van der Waals surface area contributed by atoms with Gasteiger partial charge >= 0.3 is 0 Å². The third-order valence-electron chi connectivity index (χ3n) is 2.33. The summed E-state index contributed by atoms with van der Waals surface area (Å²) in [5.74, 6) is 0.119. The van der Waals surface area contributed by atoms with Crippen LogP contribution < -0.4 is 5.32 Å². The van der Waals surface area contributed by atoms with E-state index in [0.29, 0.717) is 16.5 Å². The molecule has 0 bridgehead atoms. The Balaban J connectivity index is 2.49. The average Bonchev–Trinajstić information content (AvgIpc) is 2.37. The topological polar surface area (TPSA) is 49.3 Å². The number of carbonyl (C=O) groups is 1. The fourth-order valence-electron chi connectivity index (χ4n) is 1.28. The minimum absolute atomic E-state index is 0.0508. The lowest BCUT2D eigenvalue weighted by Gasteiger charge is -2.13. The van der Waals surface area contributed by atoms with Crippen LogP contribution in [0.5, 0.6) is 0 Å². The van der Waals surface area contributed by atoms with Crippen molar-refractivity contribution < 1.29 is 9.90 Å².